The van der Waals surface area contributed by atoms with Crippen LogP contribution < -0.4 is 10.1 Å². The predicted molar refractivity (Wildman–Crippen MR) is 108 cm³/mol. The maximum Gasteiger partial charge on any atom is 0.237 e. The molecule has 0 spiro atoms. The lowest BCUT2D eigenvalue weighted by atomic mass is 10.2. The number of aromatic nitrogens is 3. The molecule has 0 atom stereocenters. The maximum absolute atomic E-state index is 12.2. The van der Waals surface area contributed by atoms with E-state index in [-0.39, 0.29) is 5.91 Å². The van der Waals surface area contributed by atoms with E-state index in [1.54, 1.807) is 37.6 Å². The van der Waals surface area contributed by atoms with E-state index in [0.717, 1.165) is 5.56 Å². The highest BCUT2D eigenvalue weighted by Gasteiger charge is 2.12. The quantitative estimate of drug-likeness (QED) is 0.502. The monoisotopic (exact) mass is 416 g/mol. The fraction of sp³-hybridized carbons (Fsp3) is 0.300. The Morgan fingerprint density at radius 2 is 2.03 bits per heavy atom. The van der Waals surface area contributed by atoms with Crippen molar-refractivity contribution in [3.05, 3.63) is 53.5 Å². The summed E-state index contributed by atoms with van der Waals surface area (Å²) in [6, 6.07) is 10.7. The smallest absolute Gasteiger partial charge is 0.237 e. The van der Waals surface area contributed by atoms with Crippen molar-refractivity contribution in [2.24, 2.45) is 0 Å². The summed E-state index contributed by atoms with van der Waals surface area (Å²) < 4.78 is 15.7. The Balaban J connectivity index is 1.48. The summed E-state index contributed by atoms with van der Waals surface area (Å²) in [4.78, 5) is 20.7. The van der Waals surface area contributed by atoms with E-state index >= 15 is 0 Å². The average Bonchev–Trinajstić information content (AvgIpc) is 3.19. The topological polar surface area (TPSA) is 99.4 Å². The van der Waals surface area contributed by atoms with Crippen LogP contribution in [0.25, 0.3) is 11.4 Å². The molecule has 3 aromatic rings. The van der Waals surface area contributed by atoms with Crippen molar-refractivity contribution in [1.82, 2.24) is 15.1 Å². The number of carbonyl (C=O) groups is 1. The summed E-state index contributed by atoms with van der Waals surface area (Å²) >= 11 is 5.88. The van der Waals surface area contributed by atoms with E-state index in [2.05, 4.69) is 20.4 Å². The summed E-state index contributed by atoms with van der Waals surface area (Å²) in [5.74, 6) is 1.19. The zero-order valence-electron chi connectivity index (χ0n) is 15.9. The van der Waals surface area contributed by atoms with Crippen LogP contribution in [0.2, 0.25) is 5.02 Å². The van der Waals surface area contributed by atoms with Gasteiger partial charge in [-0.2, -0.15) is 4.98 Å². The third-order valence-electron chi connectivity index (χ3n) is 3.94. The van der Waals surface area contributed by atoms with E-state index in [4.69, 9.17) is 25.6 Å². The molecule has 0 aliphatic heterocycles. The number of halogens is 1. The first-order valence-electron chi connectivity index (χ1n) is 9.11. The Morgan fingerprint density at radius 3 is 2.83 bits per heavy atom. The molecule has 1 amide bonds. The van der Waals surface area contributed by atoms with Crippen LogP contribution in [0, 0.1) is 0 Å². The van der Waals surface area contributed by atoms with E-state index in [1.165, 1.54) is 0 Å². The van der Waals surface area contributed by atoms with E-state index in [1.807, 2.05) is 12.1 Å². The summed E-state index contributed by atoms with van der Waals surface area (Å²) in [7, 11) is 1.59. The molecule has 3 rings (SSSR count). The number of hydrogen-bond acceptors (Lipinski definition) is 7. The Bertz CT molecular complexity index is 930. The molecule has 0 aliphatic carbocycles. The largest absolute Gasteiger partial charge is 0.474 e. The van der Waals surface area contributed by atoms with Crippen LogP contribution in [0.1, 0.15) is 18.7 Å². The Hall–Kier alpha value is -2.97. The van der Waals surface area contributed by atoms with E-state index in [9.17, 15) is 4.79 Å². The molecular weight excluding hydrogens is 396 g/mol. The van der Waals surface area contributed by atoms with Crippen molar-refractivity contribution in [3.8, 4) is 17.3 Å². The van der Waals surface area contributed by atoms with Crippen LogP contribution in [-0.4, -0.2) is 41.4 Å². The van der Waals surface area contributed by atoms with Gasteiger partial charge in [-0.15, -0.1) is 0 Å². The van der Waals surface area contributed by atoms with Gasteiger partial charge >= 0.3 is 0 Å². The zero-order chi connectivity index (χ0) is 20.5. The summed E-state index contributed by atoms with van der Waals surface area (Å²) in [5, 5.41) is 7.42. The number of nitrogens with zero attached hydrogens (tertiary/aromatic N) is 3. The molecule has 29 heavy (non-hydrogen) atoms. The van der Waals surface area contributed by atoms with Gasteiger partial charge in [0.15, 0.2) is 0 Å². The lowest BCUT2D eigenvalue weighted by molar-refractivity contribution is -0.116. The fourth-order valence-corrected chi connectivity index (χ4v) is 2.63. The molecule has 2 heterocycles. The molecule has 2 aromatic heterocycles. The SMILES string of the molecule is COCCOc1ncccc1NC(=O)CCCc1nc(-c2ccc(Cl)cc2)no1. The van der Waals surface area contributed by atoms with Crippen LogP contribution in [0.4, 0.5) is 5.69 Å². The van der Waals surface area contributed by atoms with Gasteiger partial charge in [-0.05, 0) is 42.8 Å². The number of nitrogens with one attached hydrogen (secondary N) is 1. The van der Waals surface area contributed by atoms with Gasteiger partial charge in [0.05, 0.1) is 6.61 Å². The molecule has 152 valence electrons. The van der Waals surface area contributed by atoms with Crippen molar-refractivity contribution in [1.29, 1.82) is 0 Å². The molecule has 0 bridgehead atoms. The lowest BCUT2D eigenvalue weighted by Crippen LogP contribution is -2.14. The highest BCUT2D eigenvalue weighted by atomic mass is 35.5. The van der Waals surface area contributed by atoms with E-state index < -0.39 is 0 Å². The lowest BCUT2D eigenvalue weighted by Gasteiger charge is -2.10. The highest BCUT2D eigenvalue weighted by molar-refractivity contribution is 6.30. The zero-order valence-corrected chi connectivity index (χ0v) is 16.7. The first-order chi connectivity index (χ1) is 14.2. The second kappa shape index (κ2) is 10.5. The molecule has 0 aliphatic rings. The van der Waals surface area contributed by atoms with Gasteiger partial charge in [0.2, 0.25) is 23.5 Å². The number of anilines is 1. The molecule has 0 unspecified atom stereocenters. The first-order valence-corrected chi connectivity index (χ1v) is 9.48. The Morgan fingerprint density at radius 1 is 1.21 bits per heavy atom. The molecule has 0 radical (unpaired) electrons. The minimum atomic E-state index is -0.146. The number of hydrogen-bond donors (Lipinski definition) is 1. The fourth-order valence-electron chi connectivity index (χ4n) is 2.51. The average molecular weight is 417 g/mol. The van der Waals surface area contributed by atoms with Gasteiger partial charge in [-0.3, -0.25) is 4.79 Å². The van der Waals surface area contributed by atoms with Crippen molar-refractivity contribution >= 4 is 23.2 Å². The molecule has 8 nitrogen and oxygen atoms in total. The number of carbonyl (C=O) groups excluding carboxylic acids is 1. The predicted octanol–water partition coefficient (Wildman–Crippen LogP) is 3.77. The second-order valence-corrected chi connectivity index (χ2v) is 6.55. The second-order valence-electron chi connectivity index (χ2n) is 6.12. The minimum absolute atomic E-state index is 0.146. The van der Waals surface area contributed by atoms with Crippen molar-refractivity contribution < 1.29 is 18.8 Å². The van der Waals surface area contributed by atoms with Gasteiger partial charge in [0.1, 0.15) is 12.3 Å². The minimum Gasteiger partial charge on any atom is -0.474 e. The Kier molecular flexibility index (Phi) is 7.54. The summed E-state index contributed by atoms with van der Waals surface area (Å²) in [5.41, 5.74) is 1.34. The van der Waals surface area contributed by atoms with Gasteiger partial charge in [-0.1, -0.05) is 16.8 Å². The highest BCUT2D eigenvalue weighted by Crippen LogP contribution is 2.21. The van der Waals surface area contributed by atoms with Crippen molar-refractivity contribution in [2.75, 3.05) is 25.6 Å². The van der Waals surface area contributed by atoms with Crippen LogP contribution in [0.3, 0.4) is 0 Å². The van der Waals surface area contributed by atoms with Crippen LogP contribution >= 0.6 is 11.6 Å². The number of aryl methyl sites for hydroxylation is 1. The van der Waals surface area contributed by atoms with Crippen LogP contribution in [-0.2, 0) is 16.0 Å². The molecular formula is C20H21ClN4O4. The maximum atomic E-state index is 12.2. The molecule has 0 saturated carbocycles. The third-order valence-corrected chi connectivity index (χ3v) is 4.19. The molecule has 1 aromatic carbocycles. The van der Waals surface area contributed by atoms with Gasteiger partial charge in [-0.25, -0.2) is 4.98 Å². The third kappa shape index (κ3) is 6.27. The van der Waals surface area contributed by atoms with Gasteiger partial charge < -0.3 is 19.3 Å². The van der Waals surface area contributed by atoms with Gasteiger partial charge in [0.25, 0.3) is 0 Å². The Labute approximate surface area is 173 Å². The number of pyridine rings is 1. The first kappa shape index (κ1) is 20.8. The molecule has 1 N–H and O–H groups in total. The number of rotatable bonds is 10. The number of methoxy groups -OCH3 is 1. The van der Waals surface area contributed by atoms with Crippen molar-refractivity contribution in [3.63, 3.8) is 0 Å². The normalized spacial score (nSPS) is 10.7. The number of benzene rings is 1. The molecule has 9 heteroatoms. The van der Waals surface area contributed by atoms with Gasteiger partial charge in [0, 0.05) is 36.7 Å². The molecule has 0 fully saturated rings. The summed E-state index contributed by atoms with van der Waals surface area (Å²) in [6.07, 6.45) is 2.96. The number of amides is 1. The standard InChI is InChI=1S/C20H21ClN4O4/c1-27-12-13-28-20-16(4-3-11-22-20)23-17(26)5-2-6-18-24-19(25-29-18)14-7-9-15(21)10-8-14/h3-4,7-11H,2,5-6,12-13H2,1H3,(H,23,26). The summed E-state index contributed by atoms with van der Waals surface area (Å²) in [6.45, 7) is 0.787. The van der Waals surface area contributed by atoms with Crippen LogP contribution in [0.5, 0.6) is 5.88 Å². The van der Waals surface area contributed by atoms with Crippen molar-refractivity contribution in [2.45, 2.75) is 19.3 Å². The number of ether oxygens (including phenoxy) is 2. The van der Waals surface area contributed by atoms with Crippen LogP contribution in [0.15, 0.2) is 47.1 Å². The molecule has 0 saturated heterocycles. The van der Waals surface area contributed by atoms with E-state index in [0.29, 0.717) is 60.8 Å².